The van der Waals surface area contributed by atoms with Crippen molar-refractivity contribution in [3.63, 3.8) is 0 Å². The van der Waals surface area contributed by atoms with Gasteiger partial charge in [0.15, 0.2) is 0 Å². The van der Waals surface area contributed by atoms with Crippen molar-refractivity contribution in [3.05, 3.63) is 0 Å². The minimum atomic E-state index is 0. The van der Waals surface area contributed by atoms with Gasteiger partial charge in [-0.1, -0.05) is 19.3 Å². The third kappa shape index (κ3) is 5.92. The summed E-state index contributed by atoms with van der Waals surface area (Å²) in [5, 5.41) is 3.11. The van der Waals surface area contributed by atoms with E-state index >= 15 is 0 Å². The van der Waals surface area contributed by atoms with E-state index in [4.69, 9.17) is 0 Å². The SMILES string of the molecule is C1CC1.C1CNC1.N. The molecule has 2 fully saturated rings. The summed E-state index contributed by atoms with van der Waals surface area (Å²) in [5.41, 5.74) is 0. The van der Waals surface area contributed by atoms with E-state index in [2.05, 4.69) is 5.32 Å². The molecular weight excluding hydrogens is 100 g/mol. The van der Waals surface area contributed by atoms with Crippen LogP contribution in [0.4, 0.5) is 0 Å². The van der Waals surface area contributed by atoms with E-state index in [-0.39, 0.29) is 6.15 Å². The molecule has 0 bridgehead atoms. The summed E-state index contributed by atoms with van der Waals surface area (Å²) in [7, 11) is 0. The Hall–Kier alpha value is -0.0800. The summed E-state index contributed by atoms with van der Waals surface area (Å²) in [4.78, 5) is 0. The van der Waals surface area contributed by atoms with E-state index < -0.39 is 0 Å². The highest BCUT2D eigenvalue weighted by Crippen LogP contribution is 2.14. The molecule has 1 saturated carbocycles. The van der Waals surface area contributed by atoms with Gasteiger partial charge in [0.25, 0.3) is 0 Å². The van der Waals surface area contributed by atoms with Crippen LogP contribution in [-0.4, -0.2) is 13.1 Å². The molecule has 1 aliphatic carbocycles. The Kier molecular flexibility index (Phi) is 5.01. The second-order valence-electron chi connectivity index (χ2n) is 2.16. The average molecular weight is 116 g/mol. The summed E-state index contributed by atoms with van der Waals surface area (Å²) in [6, 6.07) is 0. The standard InChI is InChI=1S/C3H7N.C3H6.H3N/c1-2-4-3-1;1-2-3-1;/h4H,1-3H2;1-3H2;1H3. The summed E-state index contributed by atoms with van der Waals surface area (Å²) in [6.07, 6.45) is 5.89. The Bertz CT molecular complexity index is 33.0. The van der Waals surface area contributed by atoms with Crippen LogP contribution in [0.5, 0.6) is 0 Å². The second kappa shape index (κ2) is 5.06. The highest BCUT2D eigenvalue weighted by molar-refractivity contribution is 4.56. The van der Waals surface area contributed by atoms with Gasteiger partial charge in [0.05, 0.1) is 0 Å². The van der Waals surface area contributed by atoms with Gasteiger partial charge in [0.1, 0.15) is 0 Å². The van der Waals surface area contributed by atoms with Crippen LogP contribution in [0.15, 0.2) is 0 Å². The third-order valence-electron chi connectivity index (χ3n) is 1.06. The first-order valence-electron chi connectivity index (χ1n) is 3.21. The Labute approximate surface area is 51.2 Å². The van der Waals surface area contributed by atoms with Gasteiger partial charge in [0, 0.05) is 0 Å². The van der Waals surface area contributed by atoms with Crippen molar-refractivity contribution in [2.75, 3.05) is 13.1 Å². The molecule has 0 aromatic rings. The zero-order valence-electron chi connectivity index (χ0n) is 5.45. The Morgan fingerprint density at radius 2 is 1.00 bits per heavy atom. The molecule has 4 N–H and O–H groups in total. The first-order chi connectivity index (χ1) is 3.50. The van der Waals surface area contributed by atoms with Crippen molar-refractivity contribution in [1.82, 2.24) is 11.5 Å². The van der Waals surface area contributed by atoms with E-state index in [1.54, 1.807) is 0 Å². The third-order valence-corrected chi connectivity index (χ3v) is 1.06. The van der Waals surface area contributed by atoms with Crippen molar-refractivity contribution in [1.29, 1.82) is 0 Å². The monoisotopic (exact) mass is 116 g/mol. The fourth-order valence-corrected chi connectivity index (χ4v) is 0.177. The van der Waals surface area contributed by atoms with Gasteiger partial charge in [0.2, 0.25) is 0 Å². The molecule has 0 spiro atoms. The predicted molar refractivity (Wildman–Crippen MR) is 36.4 cm³/mol. The first-order valence-corrected chi connectivity index (χ1v) is 3.21. The number of nitrogens with one attached hydrogen (secondary N) is 1. The van der Waals surface area contributed by atoms with E-state index in [0.29, 0.717) is 0 Å². The normalized spacial score (nSPS) is 21.0. The molecule has 1 heterocycles. The maximum atomic E-state index is 3.11. The topological polar surface area (TPSA) is 47.0 Å². The molecule has 0 aromatic carbocycles. The van der Waals surface area contributed by atoms with Crippen LogP contribution in [-0.2, 0) is 0 Å². The molecule has 1 aliphatic heterocycles. The lowest BCUT2D eigenvalue weighted by Crippen LogP contribution is -2.29. The lowest BCUT2D eigenvalue weighted by molar-refractivity contribution is 0.527. The molecule has 0 amide bonds. The highest BCUT2D eigenvalue weighted by Gasteiger charge is 1.95. The number of hydrogen-bond donors (Lipinski definition) is 2. The molecule has 0 atom stereocenters. The Morgan fingerprint density at radius 1 is 0.750 bits per heavy atom. The molecule has 50 valence electrons. The highest BCUT2D eigenvalue weighted by atomic mass is 14.9. The average Bonchev–Trinajstić information content (AvgIpc) is 1.95. The molecule has 0 unspecified atom stereocenters. The lowest BCUT2D eigenvalue weighted by Gasteiger charge is -2.09. The molecule has 2 rings (SSSR count). The van der Waals surface area contributed by atoms with Gasteiger partial charge in [-0.15, -0.1) is 0 Å². The van der Waals surface area contributed by atoms with Crippen molar-refractivity contribution in [2.24, 2.45) is 0 Å². The summed E-state index contributed by atoms with van der Waals surface area (Å²) in [6.45, 7) is 2.50. The van der Waals surface area contributed by atoms with Gasteiger partial charge >= 0.3 is 0 Å². The molecule has 1 saturated heterocycles. The fraction of sp³-hybridized carbons (Fsp3) is 1.00. The molecule has 2 heteroatoms. The summed E-state index contributed by atoms with van der Waals surface area (Å²) >= 11 is 0. The maximum absolute atomic E-state index is 3.11. The van der Waals surface area contributed by atoms with Gasteiger partial charge in [-0.05, 0) is 19.5 Å². The van der Waals surface area contributed by atoms with Crippen molar-refractivity contribution in [3.8, 4) is 0 Å². The van der Waals surface area contributed by atoms with E-state index in [1.807, 2.05) is 0 Å². The van der Waals surface area contributed by atoms with E-state index in [0.717, 1.165) is 0 Å². The fourth-order valence-electron chi connectivity index (χ4n) is 0.177. The zero-order chi connectivity index (χ0) is 4.95. The zero-order valence-corrected chi connectivity index (χ0v) is 5.45. The quantitative estimate of drug-likeness (QED) is 0.501. The van der Waals surface area contributed by atoms with Crippen molar-refractivity contribution < 1.29 is 0 Å². The minimum absolute atomic E-state index is 0. The van der Waals surface area contributed by atoms with Crippen LogP contribution in [0.1, 0.15) is 25.7 Å². The molecule has 8 heavy (non-hydrogen) atoms. The van der Waals surface area contributed by atoms with E-state index in [1.165, 1.54) is 38.8 Å². The van der Waals surface area contributed by atoms with Crippen LogP contribution in [0.25, 0.3) is 0 Å². The molecular formula is C6H16N2. The van der Waals surface area contributed by atoms with Gasteiger partial charge in [-0.3, -0.25) is 0 Å². The Morgan fingerprint density at radius 3 is 1.00 bits per heavy atom. The Balaban J connectivity index is 0.000000112. The van der Waals surface area contributed by atoms with Crippen LogP contribution >= 0.6 is 0 Å². The first kappa shape index (κ1) is 7.92. The van der Waals surface area contributed by atoms with Gasteiger partial charge in [-0.25, -0.2) is 0 Å². The molecule has 2 nitrogen and oxygen atoms in total. The van der Waals surface area contributed by atoms with E-state index in [9.17, 15) is 0 Å². The second-order valence-corrected chi connectivity index (χ2v) is 2.16. The van der Waals surface area contributed by atoms with Crippen LogP contribution in [0, 0.1) is 0 Å². The lowest BCUT2D eigenvalue weighted by atomic mass is 10.3. The number of hydrogen-bond acceptors (Lipinski definition) is 2. The van der Waals surface area contributed by atoms with Crippen molar-refractivity contribution in [2.45, 2.75) is 25.7 Å². The molecule has 0 radical (unpaired) electrons. The molecule has 0 aromatic heterocycles. The van der Waals surface area contributed by atoms with Crippen molar-refractivity contribution >= 4 is 0 Å². The largest absolute Gasteiger partial charge is 0.344 e. The van der Waals surface area contributed by atoms with Gasteiger partial charge < -0.3 is 11.5 Å². The maximum Gasteiger partial charge on any atom is -0.00368 e. The van der Waals surface area contributed by atoms with Crippen LogP contribution in [0.3, 0.4) is 0 Å². The smallest absolute Gasteiger partial charge is 0.00368 e. The minimum Gasteiger partial charge on any atom is -0.344 e. The van der Waals surface area contributed by atoms with Gasteiger partial charge in [-0.2, -0.15) is 0 Å². The predicted octanol–water partition coefficient (Wildman–Crippen LogP) is 1.31. The van der Waals surface area contributed by atoms with Crippen LogP contribution in [0.2, 0.25) is 0 Å². The summed E-state index contributed by atoms with van der Waals surface area (Å²) < 4.78 is 0. The number of rotatable bonds is 0. The summed E-state index contributed by atoms with van der Waals surface area (Å²) in [5.74, 6) is 0. The van der Waals surface area contributed by atoms with Crippen LogP contribution < -0.4 is 11.5 Å². The molecule has 2 aliphatic rings.